The van der Waals surface area contributed by atoms with Crippen LogP contribution in [0, 0.1) is 5.92 Å². The number of benzene rings is 1. The van der Waals surface area contributed by atoms with Gasteiger partial charge in [-0.1, -0.05) is 37.2 Å². The number of aromatic nitrogens is 3. The number of pyridine rings is 1. The first-order valence-electron chi connectivity index (χ1n) is 7.07. The van der Waals surface area contributed by atoms with E-state index < -0.39 is 0 Å². The molecule has 3 aromatic rings. The molecule has 106 valence electrons. The maximum atomic E-state index is 5.32. The second-order valence-electron chi connectivity index (χ2n) is 5.43. The largest absolute Gasteiger partial charge is 0.334 e. The van der Waals surface area contributed by atoms with Gasteiger partial charge in [0.25, 0.3) is 5.89 Å². The minimum atomic E-state index is 0.511. The molecule has 0 bridgehead atoms. The quantitative estimate of drug-likeness (QED) is 0.724. The van der Waals surface area contributed by atoms with E-state index in [1.807, 2.05) is 30.3 Å². The van der Waals surface area contributed by atoms with Gasteiger partial charge in [0.2, 0.25) is 5.82 Å². The molecule has 0 N–H and O–H groups in total. The summed E-state index contributed by atoms with van der Waals surface area (Å²) >= 11 is 0. The lowest BCUT2D eigenvalue weighted by atomic mass is 10.0. The van der Waals surface area contributed by atoms with Crippen molar-refractivity contribution >= 4 is 0 Å². The van der Waals surface area contributed by atoms with E-state index in [1.54, 1.807) is 6.20 Å². The molecular formula is C17H17N3O. The highest BCUT2D eigenvalue weighted by molar-refractivity contribution is 5.57. The molecule has 2 heterocycles. The predicted molar refractivity (Wildman–Crippen MR) is 81.5 cm³/mol. The summed E-state index contributed by atoms with van der Waals surface area (Å²) in [6, 6.07) is 13.9. The van der Waals surface area contributed by atoms with Crippen LogP contribution in [0.3, 0.4) is 0 Å². The Morgan fingerprint density at radius 1 is 1.05 bits per heavy atom. The molecule has 4 nitrogen and oxygen atoms in total. The van der Waals surface area contributed by atoms with Gasteiger partial charge in [-0.15, -0.1) is 0 Å². The third-order valence-corrected chi connectivity index (χ3v) is 3.16. The van der Waals surface area contributed by atoms with Gasteiger partial charge < -0.3 is 4.52 Å². The molecule has 1 aromatic carbocycles. The van der Waals surface area contributed by atoms with Gasteiger partial charge in [-0.2, -0.15) is 4.98 Å². The van der Waals surface area contributed by atoms with E-state index in [9.17, 15) is 0 Å². The van der Waals surface area contributed by atoms with Crippen LogP contribution in [-0.2, 0) is 6.42 Å². The first-order chi connectivity index (χ1) is 10.2. The Hall–Kier alpha value is -2.49. The Kier molecular flexibility index (Phi) is 3.77. The molecule has 0 atom stereocenters. The van der Waals surface area contributed by atoms with Crippen molar-refractivity contribution in [3.05, 3.63) is 54.2 Å². The van der Waals surface area contributed by atoms with Crippen molar-refractivity contribution in [1.29, 1.82) is 0 Å². The second-order valence-corrected chi connectivity index (χ2v) is 5.43. The zero-order valence-corrected chi connectivity index (χ0v) is 12.2. The molecule has 0 saturated carbocycles. The van der Waals surface area contributed by atoms with Crippen molar-refractivity contribution in [3.8, 4) is 23.0 Å². The van der Waals surface area contributed by atoms with Gasteiger partial charge in [-0.25, -0.2) is 0 Å². The van der Waals surface area contributed by atoms with Gasteiger partial charge >= 0.3 is 0 Å². The molecule has 0 amide bonds. The number of rotatable bonds is 4. The van der Waals surface area contributed by atoms with E-state index in [2.05, 4.69) is 41.1 Å². The highest BCUT2D eigenvalue weighted by atomic mass is 16.5. The van der Waals surface area contributed by atoms with Crippen molar-refractivity contribution < 1.29 is 4.52 Å². The van der Waals surface area contributed by atoms with Crippen LogP contribution in [0.1, 0.15) is 19.4 Å². The van der Waals surface area contributed by atoms with Gasteiger partial charge in [0.1, 0.15) is 5.69 Å². The Balaban J connectivity index is 1.83. The summed E-state index contributed by atoms with van der Waals surface area (Å²) in [5, 5.41) is 3.99. The van der Waals surface area contributed by atoms with Crippen LogP contribution in [-0.4, -0.2) is 15.1 Å². The summed E-state index contributed by atoms with van der Waals surface area (Å²) in [6.45, 7) is 4.43. The van der Waals surface area contributed by atoms with E-state index in [0.29, 0.717) is 23.3 Å². The van der Waals surface area contributed by atoms with Crippen LogP contribution in [0.15, 0.2) is 53.2 Å². The zero-order chi connectivity index (χ0) is 14.7. The molecule has 0 spiro atoms. The van der Waals surface area contributed by atoms with Crippen LogP contribution in [0.25, 0.3) is 23.0 Å². The van der Waals surface area contributed by atoms with E-state index in [0.717, 1.165) is 12.0 Å². The lowest BCUT2D eigenvalue weighted by Crippen LogP contribution is -1.93. The molecular weight excluding hydrogens is 262 g/mol. The fraction of sp³-hybridized carbons (Fsp3) is 0.235. The van der Waals surface area contributed by atoms with Crippen LogP contribution >= 0.6 is 0 Å². The summed E-state index contributed by atoms with van der Waals surface area (Å²) in [5.41, 5.74) is 2.96. The summed E-state index contributed by atoms with van der Waals surface area (Å²) in [4.78, 5) is 8.62. The normalized spacial score (nSPS) is 11.0. The molecule has 4 heteroatoms. The lowest BCUT2D eigenvalue weighted by Gasteiger charge is -2.04. The minimum Gasteiger partial charge on any atom is -0.334 e. The maximum Gasteiger partial charge on any atom is 0.258 e. The van der Waals surface area contributed by atoms with Crippen molar-refractivity contribution in [2.24, 2.45) is 5.92 Å². The lowest BCUT2D eigenvalue weighted by molar-refractivity contribution is 0.432. The molecule has 0 aliphatic carbocycles. The van der Waals surface area contributed by atoms with Crippen LogP contribution in [0.2, 0.25) is 0 Å². The fourth-order valence-electron chi connectivity index (χ4n) is 2.19. The van der Waals surface area contributed by atoms with E-state index in [4.69, 9.17) is 4.52 Å². The molecule has 0 aliphatic rings. The topological polar surface area (TPSA) is 51.8 Å². The monoisotopic (exact) mass is 279 g/mol. The first-order valence-corrected chi connectivity index (χ1v) is 7.07. The van der Waals surface area contributed by atoms with Gasteiger partial charge in [0, 0.05) is 11.8 Å². The Bertz CT molecular complexity index is 702. The van der Waals surface area contributed by atoms with E-state index in [1.165, 1.54) is 5.56 Å². The van der Waals surface area contributed by atoms with Crippen LogP contribution < -0.4 is 0 Å². The highest BCUT2D eigenvalue weighted by Crippen LogP contribution is 2.22. The van der Waals surface area contributed by atoms with E-state index in [-0.39, 0.29) is 0 Å². The molecule has 0 unspecified atom stereocenters. The first kappa shape index (κ1) is 13.5. The van der Waals surface area contributed by atoms with Crippen molar-refractivity contribution in [1.82, 2.24) is 15.1 Å². The smallest absolute Gasteiger partial charge is 0.258 e. The molecule has 0 saturated heterocycles. The number of hydrogen-bond donors (Lipinski definition) is 0. The highest BCUT2D eigenvalue weighted by Gasteiger charge is 2.11. The van der Waals surface area contributed by atoms with Crippen LogP contribution in [0.5, 0.6) is 0 Å². The molecule has 3 rings (SSSR count). The summed E-state index contributed by atoms with van der Waals surface area (Å²) < 4.78 is 5.32. The van der Waals surface area contributed by atoms with Crippen molar-refractivity contribution in [2.75, 3.05) is 0 Å². The fourth-order valence-corrected chi connectivity index (χ4v) is 2.19. The van der Waals surface area contributed by atoms with Gasteiger partial charge in [0.15, 0.2) is 0 Å². The number of hydrogen-bond acceptors (Lipinski definition) is 4. The molecule has 2 aromatic heterocycles. The minimum absolute atomic E-state index is 0.511. The molecule has 21 heavy (non-hydrogen) atoms. The zero-order valence-electron chi connectivity index (χ0n) is 12.2. The van der Waals surface area contributed by atoms with Gasteiger partial charge in [-0.05, 0) is 42.2 Å². The average molecular weight is 279 g/mol. The van der Waals surface area contributed by atoms with Crippen molar-refractivity contribution in [2.45, 2.75) is 20.3 Å². The Labute approximate surface area is 123 Å². The predicted octanol–water partition coefficient (Wildman–Crippen LogP) is 4.00. The third kappa shape index (κ3) is 3.16. The molecule has 0 fully saturated rings. The average Bonchev–Trinajstić information content (AvgIpc) is 2.98. The SMILES string of the molecule is CC(C)Cc1ccc(-c2nc(-c3ccccn3)no2)cc1. The summed E-state index contributed by atoms with van der Waals surface area (Å²) in [6.07, 6.45) is 2.79. The van der Waals surface area contributed by atoms with Crippen LogP contribution in [0.4, 0.5) is 0 Å². The second kappa shape index (κ2) is 5.87. The molecule has 0 radical (unpaired) electrons. The van der Waals surface area contributed by atoms with Gasteiger partial charge in [-0.3, -0.25) is 4.98 Å². The van der Waals surface area contributed by atoms with E-state index >= 15 is 0 Å². The maximum absolute atomic E-state index is 5.32. The standard InChI is InChI=1S/C17H17N3O/c1-12(2)11-13-6-8-14(9-7-13)17-19-16(20-21-17)15-5-3-4-10-18-15/h3-10,12H,11H2,1-2H3. The third-order valence-electron chi connectivity index (χ3n) is 3.16. The summed E-state index contributed by atoms with van der Waals surface area (Å²) in [7, 11) is 0. The molecule has 0 aliphatic heterocycles. The summed E-state index contributed by atoms with van der Waals surface area (Å²) in [5.74, 6) is 1.68. The van der Waals surface area contributed by atoms with Gasteiger partial charge in [0.05, 0.1) is 0 Å². The Morgan fingerprint density at radius 3 is 2.52 bits per heavy atom. The number of nitrogens with zero attached hydrogens (tertiary/aromatic N) is 3. The Morgan fingerprint density at radius 2 is 1.86 bits per heavy atom. The van der Waals surface area contributed by atoms with Crippen molar-refractivity contribution in [3.63, 3.8) is 0 Å².